The molecule has 1 saturated carbocycles. The maximum absolute atomic E-state index is 17.3. The Morgan fingerprint density at radius 2 is 1.98 bits per heavy atom. The molecule has 0 unspecified atom stereocenters. The summed E-state index contributed by atoms with van der Waals surface area (Å²) in [5.41, 5.74) is 6.23. The molecule has 5 aliphatic rings. The molecule has 4 saturated heterocycles. The number of nitrogens with zero attached hydrogens (tertiary/aromatic N) is 4. The maximum Gasteiger partial charge on any atom is 0.319 e. The van der Waals surface area contributed by atoms with Gasteiger partial charge in [-0.05, 0) is 92.6 Å². The molecule has 5 heterocycles. The number of nitrogens with two attached hydrogens (primary N) is 1. The van der Waals surface area contributed by atoms with E-state index < -0.39 is 23.3 Å². The summed E-state index contributed by atoms with van der Waals surface area (Å²) in [6, 6.07) is 7.85. The molecule has 7 nitrogen and oxygen atoms in total. The molecule has 3 aromatic carbocycles. The van der Waals surface area contributed by atoms with Crippen LogP contribution in [0, 0.1) is 29.9 Å². The molecule has 3 N–H and O–H groups in total. The summed E-state index contributed by atoms with van der Waals surface area (Å²) in [6.07, 6.45) is 10.3. The number of terminal acetylenes is 1. The van der Waals surface area contributed by atoms with Crippen molar-refractivity contribution in [3.8, 4) is 29.5 Å². The van der Waals surface area contributed by atoms with E-state index in [0.29, 0.717) is 59.6 Å². The predicted molar refractivity (Wildman–Crippen MR) is 186 cm³/mol. The zero-order chi connectivity index (χ0) is 34.5. The van der Waals surface area contributed by atoms with Crippen molar-refractivity contribution in [1.82, 2.24) is 20.2 Å². The molecule has 4 aliphatic heterocycles. The number of hydrogen-bond donors (Lipinski definition) is 2. The van der Waals surface area contributed by atoms with Gasteiger partial charge in [0.25, 0.3) is 6.08 Å². The molecular formula is C38H35ClF4N6O. The molecule has 5 fully saturated rings. The van der Waals surface area contributed by atoms with Crippen LogP contribution in [0.25, 0.3) is 32.8 Å². The van der Waals surface area contributed by atoms with E-state index in [4.69, 9.17) is 33.5 Å². The van der Waals surface area contributed by atoms with Gasteiger partial charge < -0.3 is 20.7 Å². The molecule has 0 spiro atoms. The lowest BCUT2D eigenvalue weighted by atomic mass is 9.90. The highest BCUT2D eigenvalue weighted by Gasteiger charge is 2.53. The summed E-state index contributed by atoms with van der Waals surface area (Å²) in [7, 11) is 0. The zero-order valence-electron chi connectivity index (χ0n) is 27.3. The van der Waals surface area contributed by atoms with E-state index in [1.54, 1.807) is 18.2 Å². The molecule has 1 aliphatic carbocycles. The second-order valence-corrected chi connectivity index (χ2v) is 15.2. The van der Waals surface area contributed by atoms with Gasteiger partial charge in [0.2, 0.25) is 0 Å². The molecule has 1 aromatic heterocycles. The van der Waals surface area contributed by atoms with E-state index in [0.717, 1.165) is 19.3 Å². The minimum atomic E-state index is -1.64. The number of halogens is 5. The first-order valence-corrected chi connectivity index (χ1v) is 17.6. The fraction of sp³-hybridized carbons (Fsp3) is 0.421. The Hall–Kier alpha value is -4.11. The number of benzene rings is 3. The first-order chi connectivity index (χ1) is 24.1. The molecule has 50 heavy (non-hydrogen) atoms. The average molecular weight is 703 g/mol. The Labute approximate surface area is 291 Å². The summed E-state index contributed by atoms with van der Waals surface area (Å²) in [5, 5.41) is 5.20. The Bertz CT molecular complexity index is 2180. The minimum absolute atomic E-state index is 0.0199. The predicted octanol–water partition coefficient (Wildman–Crippen LogP) is 7.43. The fourth-order valence-electron chi connectivity index (χ4n) is 9.34. The largest absolute Gasteiger partial charge is 0.461 e. The summed E-state index contributed by atoms with van der Waals surface area (Å²) in [6.45, 7) is 2.32. The van der Waals surface area contributed by atoms with Crippen molar-refractivity contribution in [2.45, 2.75) is 62.1 Å². The molecule has 0 radical (unpaired) electrons. The maximum atomic E-state index is 17.3. The smallest absolute Gasteiger partial charge is 0.319 e. The van der Waals surface area contributed by atoms with E-state index in [1.165, 1.54) is 25.0 Å². The van der Waals surface area contributed by atoms with Crippen molar-refractivity contribution in [2.24, 2.45) is 5.92 Å². The number of hydrogen-bond acceptors (Lipinski definition) is 7. The van der Waals surface area contributed by atoms with Crippen LogP contribution in [0.15, 0.2) is 42.0 Å². The van der Waals surface area contributed by atoms with Crippen molar-refractivity contribution in [2.75, 3.05) is 43.4 Å². The van der Waals surface area contributed by atoms with Crippen molar-refractivity contribution in [3.63, 3.8) is 0 Å². The van der Waals surface area contributed by atoms with Crippen LogP contribution in [-0.2, 0) is 0 Å². The Balaban J connectivity index is 1.21. The zero-order valence-corrected chi connectivity index (χ0v) is 28.0. The quantitative estimate of drug-likeness (QED) is 0.123. The van der Waals surface area contributed by atoms with Gasteiger partial charge in [0.15, 0.2) is 5.82 Å². The van der Waals surface area contributed by atoms with Gasteiger partial charge in [0, 0.05) is 58.8 Å². The van der Waals surface area contributed by atoms with Gasteiger partial charge in [-0.1, -0.05) is 23.6 Å². The van der Waals surface area contributed by atoms with Gasteiger partial charge in [0.1, 0.15) is 23.8 Å². The van der Waals surface area contributed by atoms with E-state index >= 15 is 8.78 Å². The number of rotatable bonds is 6. The third kappa shape index (κ3) is 4.94. The van der Waals surface area contributed by atoms with E-state index in [2.05, 4.69) is 21.1 Å². The summed E-state index contributed by atoms with van der Waals surface area (Å²) >= 11 is 6.97. The summed E-state index contributed by atoms with van der Waals surface area (Å²) < 4.78 is 66.0. The highest BCUT2D eigenvalue weighted by Crippen LogP contribution is 2.50. The second-order valence-electron chi connectivity index (χ2n) is 14.8. The van der Waals surface area contributed by atoms with Crippen LogP contribution in [0.4, 0.5) is 29.1 Å². The van der Waals surface area contributed by atoms with Crippen LogP contribution in [0.1, 0.15) is 50.5 Å². The highest BCUT2D eigenvalue weighted by atomic mass is 35.5. The number of nitrogens with one attached hydrogen (secondary N) is 1. The Morgan fingerprint density at radius 3 is 2.76 bits per heavy atom. The van der Waals surface area contributed by atoms with Gasteiger partial charge in [-0.25, -0.2) is 8.78 Å². The molecule has 12 heteroatoms. The SMILES string of the molecule is C#Cc1c(F)ccc2cc(N)cc(-c3c(Cl)cc4c(N5C[C@@H]6CC[C@](C7CC7)(C5)N6)nc(OC[C@@]56CCCN5CC(=C(F)F)C6)nc4c3F)c12. The normalized spacial score (nSPS) is 26.2. The van der Waals surface area contributed by atoms with Crippen LogP contribution in [0.5, 0.6) is 6.01 Å². The first kappa shape index (κ1) is 31.8. The third-order valence-corrected chi connectivity index (χ3v) is 12.0. The number of aromatic nitrogens is 2. The number of anilines is 2. The number of piperazine rings is 1. The molecule has 3 atom stereocenters. The van der Waals surface area contributed by atoms with Gasteiger partial charge in [-0.2, -0.15) is 18.7 Å². The van der Waals surface area contributed by atoms with Crippen LogP contribution < -0.4 is 20.7 Å². The van der Waals surface area contributed by atoms with Gasteiger partial charge in [0.05, 0.1) is 16.1 Å². The molecular weight excluding hydrogens is 668 g/mol. The summed E-state index contributed by atoms with van der Waals surface area (Å²) in [5.74, 6) is 2.12. The summed E-state index contributed by atoms with van der Waals surface area (Å²) in [4.78, 5) is 13.8. The lowest BCUT2D eigenvalue weighted by molar-refractivity contribution is 0.108. The van der Waals surface area contributed by atoms with Crippen molar-refractivity contribution in [1.29, 1.82) is 0 Å². The van der Waals surface area contributed by atoms with Crippen LogP contribution in [0.2, 0.25) is 5.02 Å². The molecule has 4 aromatic rings. The van der Waals surface area contributed by atoms with Crippen molar-refractivity contribution in [3.05, 3.63) is 64.2 Å². The van der Waals surface area contributed by atoms with Gasteiger partial charge >= 0.3 is 6.01 Å². The minimum Gasteiger partial charge on any atom is -0.461 e. The first-order valence-electron chi connectivity index (χ1n) is 17.2. The second kappa shape index (κ2) is 11.5. The lowest BCUT2D eigenvalue weighted by Gasteiger charge is -2.42. The monoisotopic (exact) mass is 702 g/mol. The highest BCUT2D eigenvalue weighted by molar-refractivity contribution is 6.35. The van der Waals surface area contributed by atoms with E-state index in [9.17, 15) is 8.78 Å². The number of ether oxygens (including phenoxy) is 1. The molecule has 2 bridgehead atoms. The van der Waals surface area contributed by atoms with Crippen LogP contribution >= 0.6 is 11.6 Å². The van der Waals surface area contributed by atoms with E-state index in [-0.39, 0.29) is 70.0 Å². The molecule has 9 rings (SSSR count). The van der Waals surface area contributed by atoms with E-state index in [1.807, 2.05) is 4.90 Å². The topological polar surface area (TPSA) is 79.5 Å². The lowest BCUT2D eigenvalue weighted by Crippen LogP contribution is -2.61. The molecule has 0 amide bonds. The van der Waals surface area contributed by atoms with Crippen LogP contribution in [-0.4, -0.2) is 64.8 Å². The number of fused-ring (bicyclic) bond motifs is 5. The molecule has 258 valence electrons. The van der Waals surface area contributed by atoms with Crippen molar-refractivity contribution < 1.29 is 22.3 Å². The van der Waals surface area contributed by atoms with Crippen LogP contribution in [0.3, 0.4) is 0 Å². The van der Waals surface area contributed by atoms with Gasteiger partial charge in [-0.3, -0.25) is 4.90 Å². The average Bonchev–Trinajstić information content (AvgIpc) is 3.69. The van der Waals surface area contributed by atoms with Crippen molar-refractivity contribution >= 4 is 44.8 Å². The van der Waals surface area contributed by atoms with Gasteiger partial charge in [-0.15, -0.1) is 6.42 Å². The standard InChI is InChI=1S/C38H35ClF4N6O/c1-2-25-29(40)7-4-20-12-23(44)13-26(30(20)25)31-28(39)14-27-33(32(31)41)45-36(50-19-37-9-3-11-49(37)16-21(15-37)34(42)43)46-35(27)48-17-24-8-10-38(18-48,47-24)22-5-6-22/h1,4,7,12-14,22,24,47H,3,5-6,8-11,15-19,44H2/t24-,37-,38+/m0/s1. The number of nitrogen functional groups attached to an aromatic ring is 1. The third-order valence-electron chi connectivity index (χ3n) is 11.8. The fourth-order valence-corrected chi connectivity index (χ4v) is 9.64. The Kier molecular flexibility index (Phi) is 7.29. The Morgan fingerprint density at radius 1 is 1.14 bits per heavy atom.